The summed E-state index contributed by atoms with van der Waals surface area (Å²) in [6.45, 7) is 3.74. The summed E-state index contributed by atoms with van der Waals surface area (Å²) in [7, 11) is 0. The number of benzene rings is 3. The van der Waals surface area contributed by atoms with Gasteiger partial charge in [-0.05, 0) is 35.6 Å². The van der Waals surface area contributed by atoms with Gasteiger partial charge in [-0.1, -0.05) is 74.5 Å². The molecule has 3 aromatic rings. The van der Waals surface area contributed by atoms with Crippen molar-refractivity contribution in [3.05, 3.63) is 95.8 Å². The Morgan fingerprint density at radius 1 is 1.00 bits per heavy atom. The van der Waals surface area contributed by atoms with Crippen LogP contribution in [-0.4, -0.2) is 35.0 Å². The molecule has 1 aliphatic heterocycles. The van der Waals surface area contributed by atoms with Crippen LogP contribution in [0, 0.1) is 11.7 Å². The first-order chi connectivity index (χ1) is 18.2. The van der Waals surface area contributed by atoms with Crippen LogP contribution in [0.5, 0.6) is 5.75 Å². The fourth-order valence-corrected chi connectivity index (χ4v) is 4.27. The second-order valence-corrected chi connectivity index (χ2v) is 9.56. The molecule has 198 valence electrons. The molecule has 0 aliphatic carbocycles. The summed E-state index contributed by atoms with van der Waals surface area (Å²) >= 11 is 0. The third kappa shape index (κ3) is 6.36. The number of carbonyl (C=O) groups is 3. The fourth-order valence-electron chi connectivity index (χ4n) is 4.27. The number of amides is 3. The number of anilines is 1. The second-order valence-electron chi connectivity index (χ2n) is 9.56. The van der Waals surface area contributed by atoms with Crippen LogP contribution in [0.25, 0.3) is 0 Å². The number of fused-ring (bicyclic) bond motifs is 1. The monoisotopic (exact) mass is 519 g/mol. The van der Waals surface area contributed by atoms with Gasteiger partial charge in [-0.15, -0.1) is 0 Å². The van der Waals surface area contributed by atoms with E-state index in [-0.39, 0.29) is 23.8 Å². The van der Waals surface area contributed by atoms with Crippen molar-refractivity contribution >= 4 is 23.4 Å². The molecule has 1 heterocycles. The molecule has 4 atom stereocenters. The van der Waals surface area contributed by atoms with Crippen LogP contribution in [-0.2, 0) is 14.4 Å². The predicted molar refractivity (Wildman–Crippen MR) is 140 cm³/mol. The zero-order chi connectivity index (χ0) is 27.2. The van der Waals surface area contributed by atoms with Crippen molar-refractivity contribution in [2.75, 3.05) is 5.32 Å². The van der Waals surface area contributed by atoms with Gasteiger partial charge in [-0.25, -0.2) is 4.39 Å². The maximum atomic E-state index is 13.9. The van der Waals surface area contributed by atoms with Crippen LogP contribution in [0.15, 0.2) is 78.9 Å². The molecule has 0 fully saturated rings. The molecule has 4 rings (SSSR count). The molecule has 0 saturated heterocycles. The summed E-state index contributed by atoms with van der Waals surface area (Å²) in [5.74, 6) is -2.25. The molecule has 0 radical (unpaired) electrons. The van der Waals surface area contributed by atoms with Gasteiger partial charge in [0.1, 0.15) is 29.8 Å². The number of rotatable bonds is 8. The molecule has 1 aliphatic rings. The minimum atomic E-state index is -1.31. The minimum absolute atomic E-state index is 0.0599. The third-order valence-corrected chi connectivity index (χ3v) is 6.14. The Hall–Kier alpha value is -4.24. The molecule has 3 aromatic carbocycles. The van der Waals surface area contributed by atoms with Gasteiger partial charge < -0.3 is 25.8 Å². The summed E-state index contributed by atoms with van der Waals surface area (Å²) < 4.78 is 20.0. The first-order valence-corrected chi connectivity index (χ1v) is 12.4. The van der Waals surface area contributed by atoms with Crippen LogP contribution < -0.4 is 20.7 Å². The lowest BCUT2D eigenvalue weighted by Gasteiger charge is -2.28. The lowest BCUT2D eigenvalue weighted by atomic mass is 9.99. The van der Waals surface area contributed by atoms with Crippen LogP contribution in [0.4, 0.5) is 10.1 Å². The summed E-state index contributed by atoms with van der Waals surface area (Å²) in [5, 5.41) is 18.3. The van der Waals surface area contributed by atoms with E-state index in [0.29, 0.717) is 11.1 Å². The van der Waals surface area contributed by atoms with Gasteiger partial charge in [0, 0.05) is 6.07 Å². The maximum Gasteiger partial charge on any atom is 0.251 e. The van der Waals surface area contributed by atoms with Gasteiger partial charge in [0.25, 0.3) is 5.91 Å². The molecule has 8 nitrogen and oxygen atoms in total. The molecule has 0 unspecified atom stereocenters. The summed E-state index contributed by atoms with van der Waals surface area (Å²) in [5.41, 5.74) is 1.21. The van der Waals surface area contributed by atoms with Crippen LogP contribution in [0.3, 0.4) is 0 Å². The van der Waals surface area contributed by atoms with Gasteiger partial charge in [0.2, 0.25) is 11.8 Å². The summed E-state index contributed by atoms with van der Waals surface area (Å²) in [6.07, 6.45) is -2.04. The molecule has 0 aromatic heterocycles. The van der Waals surface area contributed by atoms with E-state index in [1.54, 1.807) is 60.7 Å². The van der Waals surface area contributed by atoms with Crippen molar-refractivity contribution in [1.82, 2.24) is 10.6 Å². The van der Waals surface area contributed by atoms with E-state index in [1.807, 2.05) is 13.8 Å². The number of ether oxygens (including phenoxy) is 1. The number of halogens is 1. The van der Waals surface area contributed by atoms with Crippen molar-refractivity contribution in [1.29, 1.82) is 0 Å². The highest BCUT2D eigenvalue weighted by Crippen LogP contribution is 2.35. The first-order valence-electron chi connectivity index (χ1n) is 12.4. The Labute approximate surface area is 220 Å². The maximum absolute atomic E-state index is 13.9. The first kappa shape index (κ1) is 26.8. The summed E-state index contributed by atoms with van der Waals surface area (Å²) in [6, 6.07) is 18.7. The van der Waals surface area contributed by atoms with Gasteiger partial charge in [0.05, 0.1) is 5.69 Å². The molecule has 9 heteroatoms. The Bertz CT molecular complexity index is 1290. The van der Waals surface area contributed by atoms with E-state index >= 15 is 0 Å². The van der Waals surface area contributed by atoms with Crippen LogP contribution in [0.2, 0.25) is 0 Å². The zero-order valence-electron chi connectivity index (χ0n) is 21.1. The van der Waals surface area contributed by atoms with Gasteiger partial charge >= 0.3 is 0 Å². The fraction of sp³-hybridized carbons (Fsp3) is 0.276. The zero-order valence-corrected chi connectivity index (χ0v) is 21.1. The van der Waals surface area contributed by atoms with Gasteiger partial charge in [-0.3, -0.25) is 14.4 Å². The smallest absolute Gasteiger partial charge is 0.251 e. The van der Waals surface area contributed by atoms with Crippen LogP contribution >= 0.6 is 0 Å². The van der Waals surface area contributed by atoms with Crippen molar-refractivity contribution in [3.63, 3.8) is 0 Å². The van der Waals surface area contributed by atoms with Crippen molar-refractivity contribution < 1.29 is 28.6 Å². The number of nitrogens with one attached hydrogen (secondary N) is 3. The second kappa shape index (κ2) is 11.9. The van der Waals surface area contributed by atoms with Crippen molar-refractivity contribution in [2.24, 2.45) is 5.92 Å². The highest BCUT2D eigenvalue weighted by Gasteiger charge is 2.38. The largest absolute Gasteiger partial charge is 0.481 e. The van der Waals surface area contributed by atoms with Gasteiger partial charge in [0.15, 0.2) is 6.10 Å². The van der Waals surface area contributed by atoms with E-state index in [4.69, 9.17) is 4.74 Å². The molecule has 0 saturated carbocycles. The van der Waals surface area contributed by atoms with Crippen molar-refractivity contribution in [3.8, 4) is 5.75 Å². The minimum Gasteiger partial charge on any atom is -0.481 e. The molecular formula is C29H30FN3O5. The lowest BCUT2D eigenvalue weighted by Crippen LogP contribution is -2.52. The lowest BCUT2D eigenvalue weighted by molar-refractivity contribution is -0.136. The Balaban J connectivity index is 1.65. The molecule has 3 amide bonds. The van der Waals surface area contributed by atoms with E-state index in [2.05, 4.69) is 16.0 Å². The van der Waals surface area contributed by atoms with E-state index in [0.717, 1.165) is 6.07 Å². The Morgan fingerprint density at radius 3 is 2.32 bits per heavy atom. The Kier molecular flexibility index (Phi) is 8.38. The number of hydrogen-bond donors (Lipinski definition) is 4. The number of aliphatic hydroxyl groups excluding tert-OH is 1. The molecule has 0 spiro atoms. The number of aliphatic hydroxyl groups is 1. The average Bonchev–Trinajstić information content (AvgIpc) is 3.03. The summed E-state index contributed by atoms with van der Waals surface area (Å²) in [4.78, 5) is 39.8. The molecule has 0 bridgehead atoms. The Morgan fingerprint density at radius 2 is 1.66 bits per heavy atom. The van der Waals surface area contributed by atoms with E-state index < -0.39 is 47.8 Å². The number of hydrogen-bond acceptors (Lipinski definition) is 5. The average molecular weight is 520 g/mol. The predicted octanol–water partition coefficient (Wildman–Crippen LogP) is 3.65. The van der Waals surface area contributed by atoms with Crippen molar-refractivity contribution in [2.45, 2.75) is 44.6 Å². The highest BCUT2D eigenvalue weighted by molar-refractivity contribution is 6.00. The topological polar surface area (TPSA) is 117 Å². The molecule has 4 N–H and O–H groups in total. The third-order valence-electron chi connectivity index (χ3n) is 6.14. The number of carbonyl (C=O) groups excluding carboxylic acids is 3. The van der Waals surface area contributed by atoms with Gasteiger partial charge in [-0.2, -0.15) is 0 Å². The highest BCUT2D eigenvalue weighted by atomic mass is 19.1. The molecular weight excluding hydrogens is 489 g/mol. The molecule has 38 heavy (non-hydrogen) atoms. The SMILES string of the molecule is CC(C)C[C@H](O)C(=O)N[C@H](C(=O)N[C@@H]1C(=O)Nc2cc(F)ccc2O[C@H]1c1ccccc1)c1ccccc1. The normalized spacial score (nSPS) is 18.3. The van der Waals surface area contributed by atoms with E-state index in [9.17, 15) is 23.9 Å². The van der Waals surface area contributed by atoms with E-state index in [1.165, 1.54) is 12.1 Å². The van der Waals surface area contributed by atoms with Crippen LogP contribution in [0.1, 0.15) is 43.5 Å². The standard InChI is InChI=1S/C29H30FN3O5/c1-17(2)15-22(34)27(35)32-24(18-9-5-3-6-10-18)28(36)33-25-26(19-11-7-4-8-12-19)38-23-14-13-20(30)16-21(23)31-29(25)37/h3-14,16-17,22,24-26,34H,15H2,1-2H3,(H,31,37)(H,32,35)(H,33,36)/t22-,24-,25-,26-/m0/s1. The quantitative estimate of drug-likeness (QED) is 0.363.